The van der Waals surface area contributed by atoms with Crippen molar-refractivity contribution in [1.29, 1.82) is 0 Å². The van der Waals surface area contributed by atoms with Crippen LogP contribution in [0.2, 0.25) is 0 Å². The van der Waals surface area contributed by atoms with Gasteiger partial charge in [-0.15, -0.1) is 0 Å². The third kappa shape index (κ3) is 4.23. The first-order valence-corrected chi connectivity index (χ1v) is 6.07. The van der Waals surface area contributed by atoms with E-state index in [1.54, 1.807) is 0 Å². The molecule has 0 aliphatic heterocycles. The van der Waals surface area contributed by atoms with Crippen molar-refractivity contribution in [2.45, 2.75) is 33.7 Å². The summed E-state index contributed by atoms with van der Waals surface area (Å²) < 4.78 is 5.70. The van der Waals surface area contributed by atoms with Gasteiger partial charge in [0.05, 0.1) is 0 Å². The number of benzene rings is 1. The van der Waals surface area contributed by atoms with Crippen LogP contribution in [0.5, 0.6) is 5.75 Å². The molecule has 0 saturated carbocycles. The van der Waals surface area contributed by atoms with Gasteiger partial charge in [0, 0.05) is 12.6 Å². The van der Waals surface area contributed by atoms with Crippen LogP contribution in [-0.4, -0.2) is 30.6 Å². The molecule has 1 aromatic rings. The van der Waals surface area contributed by atoms with Gasteiger partial charge in [0.1, 0.15) is 12.4 Å². The highest BCUT2D eigenvalue weighted by Gasteiger charge is 2.06. The zero-order chi connectivity index (χ0) is 12.0. The molecule has 2 heteroatoms. The van der Waals surface area contributed by atoms with Crippen LogP contribution in [0.25, 0.3) is 0 Å². The number of ether oxygens (including phenoxy) is 1. The summed E-state index contributed by atoms with van der Waals surface area (Å²) in [6.07, 6.45) is 0. The van der Waals surface area contributed by atoms with E-state index in [1.165, 1.54) is 5.56 Å². The SMILES string of the molecule is CCN(CCOc1ccc(C)cc1)C(C)C. The van der Waals surface area contributed by atoms with E-state index in [4.69, 9.17) is 4.74 Å². The summed E-state index contributed by atoms with van der Waals surface area (Å²) >= 11 is 0. The van der Waals surface area contributed by atoms with Crippen molar-refractivity contribution < 1.29 is 4.74 Å². The topological polar surface area (TPSA) is 12.5 Å². The molecule has 0 amide bonds. The van der Waals surface area contributed by atoms with Crippen LogP contribution in [0.3, 0.4) is 0 Å². The second-order valence-corrected chi connectivity index (χ2v) is 4.38. The normalized spacial score (nSPS) is 11.1. The Bertz CT molecular complexity index is 292. The summed E-state index contributed by atoms with van der Waals surface area (Å²) in [6, 6.07) is 8.80. The van der Waals surface area contributed by atoms with E-state index in [0.29, 0.717) is 6.04 Å². The molecule has 1 aromatic carbocycles. The summed E-state index contributed by atoms with van der Waals surface area (Å²) in [5, 5.41) is 0. The minimum Gasteiger partial charge on any atom is -0.492 e. The summed E-state index contributed by atoms with van der Waals surface area (Å²) in [7, 11) is 0. The van der Waals surface area contributed by atoms with Crippen LogP contribution in [0.15, 0.2) is 24.3 Å². The van der Waals surface area contributed by atoms with Gasteiger partial charge in [0.15, 0.2) is 0 Å². The molecule has 90 valence electrons. The van der Waals surface area contributed by atoms with Crippen LogP contribution in [0.4, 0.5) is 0 Å². The molecular formula is C14H23NO. The lowest BCUT2D eigenvalue weighted by Crippen LogP contribution is -2.34. The number of likely N-dealkylation sites (N-methyl/N-ethyl adjacent to an activating group) is 1. The molecule has 2 nitrogen and oxygen atoms in total. The lowest BCUT2D eigenvalue weighted by atomic mass is 10.2. The standard InChI is InChI=1S/C14H23NO/c1-5-15(12(2)3)10-11-16-14-8-6-13(4)7-9-14/h6-9,12H,5,10-11H2,1-4H3. The molecular weight excluding hydrogens is 198 g/mol. The van der Waals surface area contributed by atoms with Crippen LogP contribution in [0.1, 0.15) is 26.3 Å². The third-order valence-corrected chi connectivity index (χ3v) is 2.80. The second kappa shape index (κ2) is 6.54. The van der Waals surface area contributed by atoms with Gasteiger partial charge in [-0.2, -0.15) is 0 Å². The van der Waals surface area contributed by atoms with Crippen LogP contribution in [-0.2, 0) is 0 Å². The van der Waals surface area contributed by atoms with Gasteiger partial charge in [-0.1, -0.05) is 24.6 Å². The summed E-state index contributed by atoms with van der Waals surface area (Å²) in [4.78, 5) is 2.40. The summed E-state index contributed by atoms with van der Waals surface area (Å²) in [5.41, 5.74) is 1.27. The monoisotopic (exact) mass is 221 g/mol. The second-order valence-electron chi connectivity index (χ2n) is 4.38. The zero-order valence-corrected chi connectivity index (χ0v) is 10.9. The molecule has 0 fully saturated rings. The van der Waals surface area contributed by atoms with Gasteiger partial charge >= 0.3 is 0 Å². The molecule has 0 heterocycles. The van der Waals surface area contributed by atoms with Crippen molar-refractivity contribution in [2.24, 2.45) is 0 Å². The Balaban J connectivity index is 2.32. The van der Waals surface area contributed by atoms with Crippen molar-refractivity contribution in [2.75, 3.05) is 19.7 Å². The van der Waals surface area contributed by atoms with Crippen molar-refractivity contribution >= 4 is 0 Å². The van der Waals surface area contributed by atoms with E-state index >= 15 is 0 Å². The number of aryl methyl sites for hydroxylation is 1. The van der Waals surface area contributed by atoms with E-state index < -0.39 is 0 Å². The summed E-state index contributed by atoms with van der Waals surface area (Å²) in [5.74, 6) is 0.963. The van der Waals surface area contributed by atoms with Crippen molar-refractivity contribution in [1.82, 2.24) is 4.90 Å². The van der Waals surface area contributed by atoms with E-state index in [2.05, 4.69) is 44.7 Å². The number of hydrogen-bond acceptors (Lipinski definition) is 2. The largest absolute Gasteiger partial charge is 0.492 e. The van der Waals surface area contributed by atoms with E-state index in [9.17, 15) is 0 Å². The molecule has 1 rings (SSSR count). The molecule has 16 heavy (non-hydrogen) atoms. The average molecular weight is 221 g/mol. The molecule has 0 N–H and O–H groups in total. The minimum absolute atomic E-state index is 0.589. The Kier molecular flexibility index (Phi) is 5.33. The molecule has 0 aliphatic rings. The van der Waals surface area contributed by atoms with Gasteiger partial charge in [0.2, 0.25) is 0 Å². The number of rotatable bonds is 6. The van der Waals surface area contributed by atoms with Crippen molar-refractivity contribution in [3.8, 4) is 5.75 Å². The third-order valence-electron chi connectivity index (χ3n) is 2.80. The molecule has 0 radical (unpaired) electrons. The highest BCUT2D eigenvalue weighted by Crippen LogP contribution is 2.11. The fourth-order valence-electron chi connectivity index (χ4n) is 1.70. The maximum Gasteiger partial charge on any atom is 0.119 e. The van der Waals surface area contributed by atoms with Crippen LogP contribution >= 0.6 is 0 Å². The predicted molar refractivity (Wildman–Crippen MR) is 69.1 cm³/mol. The van der Waals surface area contributed by atoms with Crippen molar-refractivity contribution in [3.63, 3.8) is 0 Å². The van der Waals surface area contributed by atoms with Gasteiger partial charge in [0.25, 0.3) is 0 Å². The first kappa shape index (κ1) is 13.0. The maximum absolute atomic E-state index is 5.70. The fraction of sp³-hybridized carbons (Fsp3) is 0.571. The number of nitrogens with zero attached hydrogens (tertiary/aromatic N) is 1. The van der Waals surface area contributed by atoms with Gasteiger partial charge < -0.3 is 4.74 Å². The van der Waals surface area contributed by atoms with E-state index in [0.717, 1.165) is 25.4 Å². The first-order chi connectivity index (χ1) is 7.63. The van der Waals surface area contributed by atoms with Gasteiger partial charge in [-0.25, -0.2) is 0 Å². The molecule has 0 saturated heterocycles. The minimum atomic E-state index is 0.589. The highest BCUT2D eigenvalue weighted by molar-refractivity contribution is 5.26. The molecule has 0 unspecified atom stereocenters. The first-order valence-electron chi connectivity index (χ1n) is 6.07. The van der Waals surface area contributed by atoms with Gasteiger partial charge in [-0.3, -0.25) is 4.90 Å². The highest BCUT2D eigenvalue weighted by atomic mass is 16.5. The molecule has 0 atom stereocenters. The Labute approximate surface area is 99.2 Å². The Hall–Kier alpha value is -1.02. The molecule has 0 aromatic heterocycles. The molecule has 0 aliphatic carbocycles. The lowest BCUT2D eigenvalue weighted by Gasteiger charge is -2.24. The van der Waals surface area contributed by atoms with E-state index in [1.807, 2.05) is 12.1 Å². The maximum atomic E-state index is 5.70. The smallest absolute Gasteiger partial charge is 0.119 e. The molecule has 0 spiro atoms. The Morgan fingerprint density at radius 3 is 2.31 bits per heavy atom. The predicted octanol–water partition coefficient (Wildman–Crippen LogP) is 3.10. The average Bonchev–Trinajstić information content (AvgIpc) is 2.26. The van der Waals surface area contributed by atoms with Crippen LogP contribution < -0.4 is 4.74 Å². The van der Waals surface area contributed by atoms with Gasteiger partial charge in [-0.05, 0) is 39.4 Å². The number of hydrogen-bond donors (Lipinski definition) is 0. The Morgan fingerprint density at radius 2 is 1.81 bits per heavy atom. The van der Waals surface area contributed by atoms with Crippen molar-refractivity contribution in [3.05, 3.63) is 29.8 Å². The quantitative estimate of drug-likeness (QED) is 0.732. The lowest BCUT2D eigenvalue weighted by molar-refractivity contribution is 0.183. The van der Waals surface area contributed by atoms with Crippen LogP contribution in [0, 0.1) is 6.92 Å². The Morgan fingerprint density at radius 1 is 1.19 bits per heavy atom. The fourth-order valence-corrected chi connectivity index (χ4v) is 1.70. The summed E-state index contributed by atoms with van der Waals surface area (Å²) in [6.45, 7) is 11.5. The van der Waals surface area contributed by atoms with E-state index in [-0.39, 0.29) is 0 Å². The zero-order valence-electron chi connectivity index (χ0n) is 10.9. The molecule has 0 bridgehead atoms.